The SMILES string of the molecule is Cc1nn(C)c(C)c1CCC(=O)N1C[C@@H](N)[C@H](c2ccccc2)C1. The Balaban J connectivity index is 1.62. The molecule has 5 nitrogen and oxygen atoms in total. The molecule has 1 aromatic carbocycles. The van der Waals surface area contributed by atoms with Crippen LogP contribution in [0.2, 0.25) is 0 Å². The topological polar surface area (TPSA) is 64.2 Å². The molecular weight excluding hydrogens is 300 g/mol. The molecule has 2 atom stereocenters. The first-order valence-corrected chi connectivity index (χ1v) is 8.54. The number of aromatic nitrogens is 2. The van der Waals surface area contributed by atoms with Crippen molar-refractivity contribution in [2.75, 3.05) is 13.1 Å². The Kier molecular flexibility index (Phi) is 4.71. The molecule has 0 bridgehead atoms. The van der Waals surface area contributed by atoms with Crippen LogP contribution in [0.5, 0.6) is 0 Å². The smallest absolute Gasteiger partial charge is 0.222 e. The van der Waals surface area contributed by atoms with E-state index >= 15 is 0 Å². The second kappa shape index (κ2) is 6.77. The lowest BCUT2D eigenvalue weighted by Gasteiger charge is -2.16. The molecule has 0 radical (unpaired) electrons. The summed E-state index contributed by atoms with van der Waals surface area (Å²) in [6.45, 7) is 5.42. The number of hydrogen-bond acceptors (Lipinski definition) is 3. The first kappa shape index (κ1) is 16.7. The lowest BCUT2D eigenvalue weighted by atomic mass is 9.95. The van der Waals surface area contributed by atoms with E-state index in [1.807, 2.05) is 41.8 Å². The molecule has 5 heteroatoms. The summed E-state index contributed by atoms with van der Waals surface area (Å²) >= 11 is 0. The van der Waals surface area contributed by atoms with Gasteiger partial charge < -0.3 is 10.6 Å². The van der Waals surface area contributed by atoms with E-state index in [2.05, 4.69) is 24.2 Å². The highest BCUT2D eigenvalue weighted by atomic mass is 16.2. The first-order chi connectivity index (χ1) is 11.5. The number of amides is 1. The van der Waals surface area contributed by atoms with E-state index in [1.54, 1.807) is 0 Å². The number of benzene rings is 1. The molecule has 1 aromatic heterocycles. The van der Waals surface area contributed by atoms with Crippen LogP contribution in [0.4, 0.5) is 0 Å². The van der Waals surface area contributed by atoms with Crippen LogP contribution >= 0.6 is 0 Å². The Bertz CT molecular complexity index is 722. The van der Waals surface area contributed by atoms with Gasteiger partial charge in [0.15, 0.2) is 0 Å². The second-order valence-corrected chi connectivity index (χ2v) is 6.75. The minimum absolute atomic E-state index is 0.0122. The molecule has 2 N–H and O–H groups in total. The molecule has 0 unspecified atom stereocenters. The Hall–Kier alpha value is -2.14. The fraction of sp³-hybridized carbons (Fsp3) is 0.474. The zero-order valence-corrected chi connectivity index (χ0v) is 14.7. The monoisotopic (exact) mass is 326 g/mol. The van der Waals surface area contributed by atoms with Crippen LogP contribution in [0.25, 0.3) is 0 Å². The number of likely N-dealkylation sites (tertiary alicyclic amines) is 1. The molecule has 24 heavy (non-hydrogen) atoms. The van der Waals surface area contributed by atoms with Crippen molar-refractivity contribution in [3.8, 4) is 0 Å². The fourth-order valence-electron chi connectivity index (χ4n) is 3.65. The fourth-order valence-corrected chi connectivity index (χ4v) is 3.65. The minimum atomic E-state index is 0.0122. The molecule has 1 fully saturated rings. The molecule has 0 saturated carbocycles. The molecule has 1 aliphatic rings. The summed E-state index contributed by atoms with van der Waals surface area (Å²) < 4.78 is 1.88. The normalized spacial score (nSPS) is 20.6. The van der Waals surface area contributed by atoms with Crippen molar-refractivity contribution in [1.29, 1.82) is 0 Å². The van der Waals surface area contributed by atoms with Gasteiger partial charge in [0.05, 0.1) is 5.69 Å². The summed E-state index contributed by atoms with van der Waals surface area (Å²) in [5, 5.41) is 4.42. The van der Waals surface area contributed by atoms with Gasteiger partial charge in [0, 0.05) is 44.2 Å². The zero-order valence-electron chi connectivity index (χ0n) is 14.7. The zero-order chi connectivity index (χ0) is 17.3. The van der Waals surface area contributed by atoms with Crippen molar-refractivity contribution in [1.82, 2.24) is 14.7 Å². The summed E-state index contributed by atoms with van der Waals surface area (Å²) in [6, 6.07) is 10.3. The average Bonchev–Trinajstić information content (AvgIpc) is 3.07. The molecule has 1 saturated heterocycles. The van der Waals surface area contributed by atoms with Crippen molar-refractivity contribution in [2.24, 2.45) is 12.8 Å². The van der Waals surface area contributed by atoms with Crippen LogP contribution in [0, 0.1) is 13.8 Å². The lowest BCUT2D eigenvalue weighted by Crippen LogP contribution is -2.32. The quantitative estimate of drug-likeness (QED) is 0.933. The Labute approximate surface area is 143 Å². The van der Waals surface area contributed by atoms with Gasteiger partial charge in [-0.05, 0) is 31.4 Å². The van der Waals surface area contributed by atoms with Gasteiger partial charge in [-0.15, -0.1) is 0 Å². The Morgan fingerprint density at radius 1 is 1.25 bits per heavy atom. The van der Waals surface area contributed by atoms with Crippen LogP contribution in [-0.4, -0.2) is 39.7 Å². The highest BCUT2D eigenvalue weighted by molar-refractivity contribution is 5.77. The summed E-state index contributed by atoms with van der Waals surface area (Å²) in [5.41, 5.74) is 10.9. The van der Waals surface area contributed by atoms with E-state index in [1.165, 1.54) is 11.1 Å². The van der Waals surface area contributed by atoms with Crippen molar-refractivity contribution in [3.63, 3.8) is 0 Å². The van der Waals surface area contributed by atoms with Gasteiger partial charge in [-0.25, -0.2) is 0 Å². The summed E-state index contributed by atoms with van der Waals surface area (Å²) in [6.07, 6.45) is 1.26. The molecule has 0 aliphatic carbocycles. The van der Waals surface area contributed by atoms with E-state index < -0.39 is 0 Å². The summed E-state index contributed by atoms with van der Waals surface area (Å²) in [4.78, 5) is 14.5. The van der Waals surface area contributed by atoms with Crippen LogP contribution in [0.1, 0.15) is 34.9 Å². The number of hydrogen-bond donors (Lipinski definition) is 1. The van der Waals surface area contributed by atoms with Gasteiger partial charge in [-0.3, -0.25) is 9.48 Å². The van der Waals surface area contributed by atoms with Crippen molar-refractivity contribution in [2.45, 2.75) is 38.6 Å². The van der Waals surface area contributed by atoms with Crippen LogP contribution in [-0.2, 0) is 18.3 Å². The molecule has 3 rings (SSSR count). The van der Waals surface area contributed by atoms with Crippen LogP contribution in [0.3, 0.4) is 0 Å². The average molecular weight is 326 g/mol. The highest BCUT2D eigenvalue weighted by Crippen LogP contribution is 2.27. The van der Waals surface area contributed by atoms with Crippen molar-refractivity contribution in [3.05, 3.63) is 52.8 Å². The van der Waals surface area contributed by atoms with Crippen LogP contribution in [0.15, 0.2) is 30.3 Å². The molecule has 2 heterocycles. The van der Waals surface area contributed by atoms with Crippen molar-refractivity contribution >= 4 is 5.91 Å². The van der Waals surface area contributed by atoms with E-state index in [0.29, 0.717) is 13.0 Å². The van der Waals surface area contributed by atoms with Gasteiger partial charge in [0.2, 0.25) is 5.91 Å². The number of aryl methyl sites for hydroxylation is 2. The van der Waals surface area contributed by atoms with Gasteiger partial charge in [-0.2, -0.15) is 5.10 Å². The van der Waals surface area contributed by atoms with Crippen molar-refractivity contribution < 1.29 is 4.79 Å². The minimum Gasteiger partial charge on any atom is -0.340 e. The van der Waals surface area contributed by atoms with Gasteiger partial charge in [0.1, 0.15) is 0 Å². The standard InChI is InChI=1S/C19H26N4O/c1-13-16(14(2)22(3)21-13)9-10-19(24)23-11-17(18(20)12-23)15-7-5-4-6-8-15/h4-8,17-18H,9-12,20H2,1-3H3/t17-,18+/m0/s1. The molecule has 128 valence electrons. The number of nitrogens with zero attached hydrogens (tertiary/aromatic N) is 3. The van der Waals surface area contributed by atoms with Gasteiger partial charge in [-0.1, -0.05) is 30.3 Å². The predicted octanol–water partition coefficient (Wildman–Crippen LogP) is 1.92. The number of carbonyl (C=O) groups is 1. The molecule has 2 aromatic rings. The molecule has 1 aliphatic heterocycles. The lowest BCUT2D eigenvalue weighted by molar-refractivity contribution is -0.130. The maximum atomic E-state index is 12.6. The third-order valence-electron chi connectivity index (χ3n) is 5.19. The van der Waals surface area contributed by atoms with Crippen LogP contribution < -0.4 is 5.73 Å². The predicted molar refractivity (Wildman–Crippen MR) is 94.7 cm³/mol. The largest absolute Gasteiger partial charge is 0.340 e. The number of carbonyl (C=O) groups excluding carboxylic acids is 1. The van der Waals surface area contributed by atoms with E-state index in [4.69, 9.17) is 5.73 Å². The Morgan fingerprint density at radius 2 is 1.96 bits per heavy atom. The third kappa shape index (κ3) is 3.22. The molecule has 1 amide bonds. The second-order valence-electron chi connectivity index (χ2n) is 6.75. The number of rotatable bonds is 4. The molecular formula is C19H26N4O. The highest BCUT2D eigenvalue weighted by Gasteiger charge is 2.33. The maximum Gasteiger partial charge on any atom is 0.222 e. The summed E-state index contributed by atoms with van der Waals surface area (Å²) in [5.74, 6) is 0.420. The maximum absolute atomic E-state index is 12.6. The van der Waals surface area contributed by atoms with E-state index in [9.17, 15) is 4.79 Å². The molecule has 0 spiro atoms. The summed E-state index contributed by atoms with van der Waals surface area (Å²) in [7, 11) is 1.94. The van der Waals surface area contributed by atoms with E-state index in [-0.39, 0.29) is 17.9 Å². The Morgan fingerprint density at radius 3 is 2.58 bits per heavy atom. The van der Waals surface area contributed by atoms with Gasteiger partial charge in [0.25, 0.3) is 0 Å². The number of nitrogens with two attached hydrogens (primary N) is 1. The van der Waals surface area contributed by atoms with Gasteiger partial charge >= 0.3 is 0 Å². The first-order valence-electron chi connectivity index (χ1n) is 8.54. The third-order valence-corrected chi connectivity index (χ3v) is 5.19. The van der Waals surface area contributed by atoms with E-state index in [0.717, 1.165) is 24.4 Å².